The first kappa shape index (κ1) is 12.6. The first-order valence-electron chi connectivity index (χ1n) is 1.60. The van der Waals surface area contributed by atoms with Crippen LogP contribution in [0.2, 0.25) is 0 Å². The molecule has 0 aromatic carbocycles. The molecule has 0 unspecified atom stereocenters. The second-order valence-electron chi connectivity index (χ2n) is 0.912. The maximum atomic E-state index is 9.88. The van der Waals surface area contributed by atoms with Crippen molar-refractivity contribution >= 4 is 51.4 Å². The molecular formula is C2H3NaO6S. The summed E-state index contributed by atoms with van der Waals surface area (Å²) in [7, 11) is -4.70. The average molecular weight is 178 g/mol. The summed E-state index contributed by atoms with van der Waals surface area (Å²) in [6, 6.07) is 0. The monoisotopic (exact) mass is 178 g/mol. The summed E-state index contributed by atoms with van der Waals surface area (Å²) in [6.07, 6.45) is 0. The molecule has 10 heavy (non-hydrogen) atoms. The van der Waals surface area contributed by atoms with Crippen LogP contribution >= 0.6 is 0 Å². The van der Waals surface area contributed by atoms with Crippen LogP contribution in [0.25, 0.3) is 0 Å². The third-order valence-electron chi connectivity index (χ3n) is 0.380. The fourth-order valence-electron chi connectivity index (χ4n) is 0.0929. The molecule has 0 rings (SSSR count). The van der Waals surface area contributed by atoms with E-state index in [9.17, 15) is 18.0 Å². The Morgan fingerprint density at radius 3 is 2.00 bits per heavy atom. The van der Waals surface area contributed by atoms with E-state index in [-0.39, 0.29) is 29.6 Å². The van der Waals surface area contributed by atoms with Crippen molar-refractivity contribution in [1.82, 2.24) is 0 Å². The molecule has 0 radical (unpaired) electrons. The number of hydrogen-bond donors (Lipinski definition) is 1. The van der Waals surface area contributed by atoms with Gasteiger partial charge in [0.25, 0.3) is 0 Å². The third-order valence-corrected chi connectivity index (χ3v) is 1.14. The Morgan fingerprint density at radius 2 is 1.90 bits per heavy atom. The van der Waals surface area contributed by atoms with Gasteiger partial charge in [-0.1, -0.05) is 0 Å². The van der Waals surface area contributed by atoms with Crippen molar-refractivity contribution in [3.8, 4) is 0 Å². The zero-order chi connectivity index (χ0) is 7.49. The molecule has 0 saturated heterocycles. The molecule has 8 heteroatoms. The van der Waals surface area contributed by atoms with Gasteiger partial charge in [-0.3, -0.25) is 4.79 Å². The van der Waals surface area contributed by atoms with Gasteiger partial charge < -0.3 is 9.29 Å². The van der Waals surface area contributed by atoms with Crippen LogP contribution in [-0.2, 0) is 19.1 Å². The van der Waals surface area contributed by atoms with Gasteiger partial charge in [-0.25, -0.2) is 4.79 Å². The Hall–Kier alpha value is -0.110. The molecule has 0 fully saturated rings. The molecule has 54 valence electrons. The molecular weight excluding hydrogens is 175 g/mol. The van der Waals surface area contributed by atoms with E-state index in [2.05, 4.69) is 4.18 Å². The van der Waals surface area contributed by atoms with Gasteiger partial charge in [0.2, 0.25) is 0 Å². The van der Waals surface area contributed by atoms with Gasteiger partial charge in [0.05, 0.1) is 0 Å². The van der Waals surface area contributed by atoms with E-state index in [0.717, 1.165) is 0 Å². The van der Waals surface area contributed by atoms with Crippen LogP contribution in [0, 0.1) is 0 Å². The van der Waals surface area contributed by atoms with E-state index in [0.29, 0.717) is 0 Å². The molecule has 0 amide bonds. The van der Waals surface area contributed by atoms with Gasteiger partial charge in [-0.05, 0) is 0 Å². The van der Waals surface area contributed by atoms with Crippen LogP contribution in [0.1, 0.15) is 0 Å². The number of rotatable bonds is 2. The van der Waals surface area contributed by atoms with Gasteiger partial charge in [-0.2, -0.15) is 8.42 Å². The first-order valence-corrected chi connectivity index (χ1v) is 3.01. The van der Waals surface area contributed by atoms with Crippen molar-refractivity contribution in [3.63, 3.8) is 0 Å². The summed E-state index contributed by atoms with van der Waals surface area (Å²) in [5.74, 6) is 0. The molecule has 0 aromatic rings. The SMILES string of the molecule is O=COS(=O)(=O)C(=O)O.[NaH]. The Bertz CT molecular complexity index is 216. The van der Waals surface area contributed by atoms with Crippen molar-refractivity contribution in [2.45, 2.75) is 0 Å². The third kappa shape index (κ3) is 3.83. The zero-order valence-electron chi connectivity index (χ0n) is 3.97. The van der Waals surface area contributed by atoms with Crippen molar-refractivity contribution in [1.29, 1.82) is 0 Å². The van der Waals surface area contributed by atoms with Crippen molar-refractivity contribution in [2.24, 2.45) is 0 Å². The topological polar surface area (TPSA) is 97.7 Å². The molecule has 0 bridgehead atoms. The molecule has 0 aromatic heterocycles. The number of carboxylic acid groups (broad SMARTS) is 1. The van der Waals surface area contributed by atoms with E-state index in [4.69, 9.17) is 5.11 Å². The molecule has 0 atom stereocenters. The van der Waals surface area contributed by atoms with Gasteiger partial charge in [0.15, 0.2) is 0 Å². The average Bonchev–Trinajstić information content (AvgIpc) is 1.65. The standard InChI is InChI=1S/C2H2O6S.Na.H/c3-1-8-9(6,7)2(4)5;;/h1H,(H,4,5);;. The second kappa shape index (κ2) is 4.67. The Kier molecular flexibility index (Phi) is 5.86. The fourth-order valence-corrected chi connectivity index (χ4v) is 0.279. The van der Waals surface area contributed by atoms with E-state index in [1.807, 2.05) is 0 Å². The summed E-state index contributed by atoms with van der Waals surface area (Å²) in [6.45, 7) is -0.469. The predicted molar refractivity (Wildman–Crippen MR) is 31.2 cm³/mol. The number of carbonyl (C=O) groups excluding carboxylic acids is 1. The van der Waals surface area contributed by atoms with Gasteiger partial charge in [0.1, 0.15) is 0 Å². The van der Waals surface area contributed by atoms with Gasteiger partial charge in [0, 0.05) is 0 Å². The Labute approximate surface area is 78.6 Å². The number of carbonyl (C=O) groups is 2. The van der Waals surface area contributed by atoms with Crippen molar-refractivity contribution in [3.05, 3.63) is 0 Å². The van der Waals surface area contributed by atoms with E-state index < -0.39 is 21.9 Å². The van der Waals surface area contributed by atoms with E-state index >= 15 is 0 Å². The summed E-state index contributed by atoms with van der Waals surface area (Å²) in [5, 5.41) is 5.51. The van der Waals surface area contributed by atoms with Crippen molar-refractivity contribution < 1.29 is 27.3 Å². The van der Waals surface area contributed by atoms with E-state index in [1.54, 1.807) is 0 Å². The first-order chi connectivity index (χ1) is 4.00. The summed E-state index contributed by atoms with van der Waals surface area (Å²) in [4.78, 5) is 18.8. The maximum absolute atomic E-state index is 9.88. The Balaban J connectivity index is 0. The molecule has 1 N–H and O–H groups in total. The van der Waals surface area contributed by atoms with Crippen LogP contribution < -0.4 is 0 Å². The second-order valence-corrected chi connectivity index (χ2v) is 2.36. The molecule has 0 aliphatic rings. The fraction of sp³-hybridized carbons (Fsp3) is 0. The minimum absolute atomic E-state index is 0. The van der Waals surface area contributed by atoms with Gasteiger partial charge in [-0.15, -0.1) is 0 Å². The normalized spacial score (nSPS) is 9.20. The molecule has 0 saturated carbocycles. The Morgan fingerprint density at radius 1 is 1.50 bits per heavy atom. The van der Waals surface area contributed by atoms with E-state index in [1.165, 1.54) is 0 Å². The van der Waals surface area contributed by atoms with Crippen LogP contribution in [-0.4, -0.2) is 54.9 Å². The van der Waals surface area contributed by atoms with Crippen LogP contribution in [0.15, 0.2) is 0 Å². The number of hydrogen-bond acceptors (Lipinski definition) is 5. The summed E-state index contributed by atoms with van der Waals surface area (Å²) in [5.41, 5.74) is 0. The molecule has 6 nitrogen and oxygen atoms in total. The van der Waals surface area contributed by atoms with Gasteiger partial charge >= 0.3 is 51.4 Å². The van der Waals surface area contributed by atoms with Crippen LogP contribution in [0.5, 0.6) is 0 Å². The zero-order valence-corrected chi connectivity index (χ0v) is 4.79. The molecule has 0 aliphatic carbocycles. The predicted octanol–water partition coefficient (Wildman–Crippen LogP) is -1.48. The van der Waals surface area contributed by atoms with Crippen LogP contribution in [0.3, 0.4) is 0 Å². The molecule has 0 aliphatic heterocycles. The minimum atomic E-state index is -4.70. The molecule has 0 spiro atoms. The molecule has 0 heterocycles. The summed E-state index contributed by atoms with van der Waals surface area (Å²) < 4.78 is 22.9. The summed E-state index contributed by atoms with van der Waals surface area (Å²) >= 11 is 0. The quantitative estimate of drug-likeness (QED) is 0.314. The van der Waals surface area contributed by atoms with Crippen molar-refractivity contribution in [2.75, 3.05) is 0 Å². The van der Waals surface area contributed by atoms with Crippen LogP contribution in [0.4, 0.5) is 4.79 Å².